The molecule has 1 rings (SSSR count). The molecule has 0 atom stereocenters. The van der Waals surface area contributed by atoms with E-state index in [-0.39, 0.29) is 5.56 Å². The topological polar surface area (TPSA) is 38.3 Å². The van der Waals surface area contributed by atoms with Gasteiger partial charge in [0.2, 0.25) is 0 Å². The van der Waals surface area contributed by atoms with Crippen molar-refractivity contribution in [2.24, 2.45) is 0 Å². The second-order valence-corrected chi connectivity index (χ2v) is 3.20. The van der Waals surface area contributed by atoms with E-state index >= 15 is 0 Å². The number of ether oxygens (including phenoxy) is 1. The summed E-state index contributed by atoms with van der Waals surface area (Å²) in [5.41, 5.74) is -0.280. The predicted octanol–water partition coefficient (Wildman–Crippen LogP) is 1.73. The Morgan fingerprint density at radius 1 is 1.44 bits per heavy atom. The van der Waals surface area contributed by atoms with E-state index in [0.717, 1.165) is 6.07 Å². The molecular weight excluding hydrogens is 216 g/mol. The zero-order valence-corrected chi connectivity index (χ0v) is 8.93. The van der Waals surface area contributed by atoms with Crippen LogP contribution in [0.4, 0.5) is 8.78 Å². The summed E-state index contributed by atoms with van der Waals surface area (Å²) in [4.78, 5) is 11.4. The zero-order valence-electron chi connectivity index (χ0n) is 8.93. The van der Waals surface area contributed by atoms with Crippen LogP contribution in [0.3, 0.4) is 0 Å². The van der Waals surface area contributed by atoms with Crippen molar-refractivity contribution in [1.29, 1.82) is 0 Å². The van der Waals surface area contributed by atoms with Gasteiger partial charge in [0.1, 0.15) is 0 Å². The van der Waals surface area contributed by atoms with Gasteiger partial charge in [-0.25, -0.2) is 8.78 Å². The summed E-state index contributed by atoms with van der Waals surface area (Å²) in [6, 6.07) is 3.50. The van der Waals surface area contributed by atoms with Crippen molar-refractivity contribution >= 4 is 5.91 Å². The van der Waals surface area contributed by atoms with Gasteiger partial charge in [0.15, 0.2) is 11.6 Å². The van der Waals surface area contributed by atoms with Crippen molar-refractivity contribution in [3.8, 4) is 0 Å². The SMILES string of the molecule is COCCCNC(=O)c1cccc(F)c1F. The van der Waals surface area contributed by atoms with Gasteiger partial charge in [0.25, 0.3) is 5.91 Å². The molecule has 1 amide bonds. The molecule has 0 radical (unpaired) electrons. The molecule has 16 heavy (non-hydrogen) atoms. The number of hydrogen-bond acceptors (Lipinski definition) is 2. The fraction of sp³-hybridized carbons (Fsp3) is 0.364. The highest BCUT2D eigenvalue weighted by Gasteiger charge is 2.13. The number of hydrogen-bond donors (Lipinski definition) is 1. The van der Waals surface area contributed by atoms with Crippen LogP contribution in [-0.4, -0.2) is 26.2 Å². The molecule has 0 unspecified atom stereocenters. The third-order valence-corrected chi connectivity index (χ3v) is 2.01. The van der Waals surface area contributed by atoms with E-state index in [1.165, 1.54) is 12.1 Å². The van der Waals surface area contributed by atoms with Crippen molar-refractivity contribution in [3.05, 3.63) is 35.4 Å². The highest BCUT2D eigenvalue weighted by molar-refractivity contribution is 5.94. The Kier molecular flexibility index (Phi) is 4.85. The van der Waals surface area contributed by atoms with Gasteiger partial charge in [0, 0.05) is 20.3 Å². The standard InChI is InChI=1S/C11H13F2NO2/c1-16-7-3-6-14-11(15)8-4-2-5-9(12)10(8)13/h2,4-5H,3,6-7H2,1H3,(H,14,15). The van der Waals surface area contributed by atoms with Gasteiger partial charge in [0.05, 0.1) is 5.56 Å². The number of nitrogens with one attached hydrogen (secondary N) is 1. The third-order valence-electron chi connectivity index (χ3n) is 2.01. The first kappa shape index (κ1) is 12.6. The fourth-order valence-electron chi connectivity index (χ4n) is 1.19. The van der Waals surface area contributed by atoms with Gasteiger partial charge >= 0.3 is 0 Å². The van der Waals surface area contributed by atoms with Gasteiger partial charge in [-0.3, -0.25) is 4.79 Å². The summed E-state index contributed by atoms with van der Waals surface area (Å²) >= 11 is 0. The van der Waals surface area contributed by atoms with E-state index in [1.54, 1.807) is 7.11 Å². The molecule has 1 aromatic rings. The minimum Gasteiger partial charge on any atom is -0.385 e. The number of benzene rings is 1. The Morgan fingerprint density at radius 3 is 2.88 bits per heavy atom. The van der Waals surface area contributed by atoms with Crippen LogP contribution in [-0.2, 0) is 4.74 Å². The maximum atomic E-state index is 13.2. The zero-order chi connectivity index (χ0) is 12.0. The number of carbonyl (C=O) groups is 1. The molecule has 0 aromatic heterocycles. The van der Waals surface area contributed by atoms with Crippen LogP contribution in [0.15, 0.2) is 18.2 Å². The molecule has 0 saturated heterocycles. The Morgan fingerprint density at radius 2 is 2.19 bits per heavy atom. The van der Waals surface area contributed by atoms with Gasteiger partial charge in [-0.1, -0.05) is 6.07 Å². The van der Waals surface area contributed by atoms with Crippen LogP contribution in [0, 0.1) is 11.6 Å². The van der Waals surface area contributed by atoms with Gasteiger partial charge in [-0.2, -0.15) is 0 Å². The highest BCUT2D eigenvalue weighted by Crippen LogP contribution is 2.10. The lowest BCUT2D eigenvalue weighted by molar-refractivity contribution is 0.0943. The van der Waals surface area contributed by atoms with Crippen LogP contribution >= 0.6 is 0 Å². The first-order chi connectivity index (χ1) is 7.66. The quantitative estimate of drug-likeness (QED) is 0.781. The average Bonchev–Trinajstić information content (AvgIpc) is 2.28. The Bertz CT molecular complexity index is 369. The molecule has 0 bridgehead atoms. The largest absolute Gasteiger partial charge is 0.385 e. The first-order valence-electron chi connectivity index (χ1n) is 4.88. The molecule has 0 aliphatic heterocycles. The number of amides is 1. The molecule has 0 aliphatic carbocycles. The summed E-state index contributed by atoms with van der Waals surface area (Å²) in [6.45, 7) is 0.870. The lowest BCUT2D eigenvalue weighted by atomic mass is 10.2. The van der Waals surface area contributed by atoms with Crippen molar-refractivity contribution < 1.29 is 18.3 Å². The maximum absolute atomic E-state index is 13.2. The summed E-state index contributed by atoms with van der Waals surface area (Å²) < 4.78 is 30.8. The van der Waals surface area contributed by atoms with E-state index < -0.39 is 17.5 Å². The normalized spacial score (nSPS) is 10.2. The monoisotopic (exact) mass is 229 g/mol. The molecule has 0 heterocycles. The van der Waals surface area contributed by atoms with E-state index in [2.05, 4.69) is 5.32 Å². The van der Waals surface area contributed by atoms with E-state index in [4.69, 9.17) is 4.74 Å². The second kappa shape index (κ2) is 6.17. The van der Waals surface area contributed by atoms with E-state index in [1.807, 2.05) is 0 Å². The van der Waals surface area contributed by atoms with Crippen LogP contribution in [0.25, 0.3) is 0 Å². The van der Waals surface area contributed by atoms with Crippen LogP contribution in [0.1, 0.15) is 16.8 Å². The Labute approximate surface area is 92.4 Å². The van der Waals surface area contributed by atoms with Crippen molar-refractivity contribution in [2.45, 2.75) is 6.42 Å². The highest BCUT2D eigenvalue weighted by atomic mass is 19.2. The number of carbonyl (C=O) groups excluding carboxylic acids is 1. The van der Waals surface area contributed by atoms with E-state index in [0.29, 0.717) is 19.6 Å². The molecular formula is C11H13F2NO2. The van der Waals surface area contributed by atoms with Gasteiger partial charge in [-0.05, 0) is 18.6 Å². The smallest absolute Gasteiger partial charge is 0.254 e. The summed E-state index contributed by atoms with van der Waals surface area (Å²) in [6.07, 6.45) is 0.624. The second-order valence-electron chi connectivity index (χ2n) is 3.20. The number of rotatable bonds is 5. The molecule has 0 fully saturated rings. The fourth-order valence-corrected chi connectivity index (χ4v) is 1.19. The van der Waals surface area contributed by atoms with Gasteiger partial charge < -0.3 is 10.1 Å². The van der Waals surface area contributed by atoms with Crippen molar-refractivity contribution in [3.63, 3.8) is 0 Å². The van der Waals surface area contributed by atoms with Crippen LogP contribution < -0.4 is 5.32 Å². The average molecular weight is 229 g/mol. The summed E-state index contributed by atoms with van der Waals surface area (Å²) in [5, 5.41) is 2.48. The molecule has 1 N–H and O–H groups in total. The minimum absolute atomic E-state index is 0.280. The van der Waals surface area contributed by atoms with Crippen molar-refractivity contribution in [1.82, 2.24) is 5.32 Å². The molecule has 0 spiro atoms. The van der Waals surface area contributed by atoms with Crippen LogP contribution in [0.2, 0.25) is 0 Å². The molecule has 0 aliphatic rings. The van der Waals surface area contributed by atoms with Gasteiger partial charge in [-0.15, -0.1) is 0 Å². The summed E-state index contributed by atoms with van der Waals surface area (Å²) in [5.74, 6) is -2.76. The molecule has 3 nitrogen and oxygen atoms in total. The first-order valence-corrected chi connectivity index (χ1v) is 4.88. The van der Waals surface area contributed by atoms with Crippen LogP contribution in [0.5, 0.6) is 0 Å². The number of methoxy groups -OCH3 is 1. The number of halogens is 2. The summed E-state index contributed by atoms with van der Waals surface area (Å²) in [7, 11) is 1.55. The Hall–Kier alpha value is -1.49. The molecule has 5 heteroatoms. The lowest BCUT2D eigenvalue weighted by Crippen LogP contribution is -2.26. The minimum atomic E-state index is -1.12. The maximum Gasteiger partial charge on any atom is 0.254 e. The lowest BCUT2D eigenvalue weighted by Gasteiger charge is -2.05. The third kappa shape index (κ3) is 3.27. The molecule has 0 saturated carbocycles. The van der Waals surface area contributed by atoms with E-state index in [9.17, 15) is 13.6 Å². The molecule has 88 valence electrons. The van der Waals surface area contributed by atoms with Crippen molar-refractivity contribution in [2.75, 3.05) is 20.3 Å². The molecule has 1 aromatic carbocycles. The Balaban J connectivity index is 2.56. The predicted molar refractivity (Wildman–Crippen MR) is 55.2 cm³/mol.